The van der Waals surface area contributed by atoms with Crippen molar-refractivity contribution < 1.29 is 18.0 Å². The van der Waals surface area contributed by atoms with Gasteiger partial charge in [-0.25, -0.2) is 8.78 Å². The Hall–Kier alpha value is -2.74. The third-order valence-corrected chi connectivity index (χ3v) is 4.19. The average molecular weight is 361 g/mol. The predicted octanol–water partition coefficient (Wildman–Crippen LogP) is 4.13. The lowest BCUT2D eigenvalue weighted by atomic mass is 10.2. The molecule has 0 radical (unpaired) electrons. The number of rotatable bonds is 5. The van der Waals surface area contributed by atoms with Crippen LogP contribution in [0.3, 0.4) is 0 Å². The summed E-state index contributed by atoms with van der Waals surface area (Å²) < 4.78 is 31.3. The number of nitrogens with zero attached hydrogens (tertiary/aromatic N) is 2. The van der Waals surface area contributed by atoms with Gasteiger partial charge in [0.05, 0.1) is 5.25 Å². The summed E-state index contributed by atoms with van der Waals surface area (Å²) in [6.45, 7) is 1.69. The molecular weight excluding hydrogens is 348 g/mol. The summed E-state index contributed by atoms with van der Waals surface area (Å²) in [6, 6.07) is 11.1. The molecule has 8 heteroatoms. The third-order valence-electron chi connectivity index (χ3n) is 3.26. The number of thioether (sulfide) groups is 1. The number of amides is 1. The SMILES string of the molecule is C[C@@H](Sc1nnc(-c2ccc(F)cc2)o1)C(=O)Nc1ccc(F)cc1. The van der Waals surface area contributed by atoms with Gasteiger partial charge in [0.2, 0.25) is 11.8 Å². The zero-order chi connectivity index (χ0) is 17.8. The summed E-state index contributed by atoms with van der Waals surface area (Å²) >= 11 is 1.09. The van der Waals surface area contributed by atoms with Crippen LogP contribution in [0.2, 0.25) is 0 Å². The molecule has 3 aromatic rings. The Kier molecular flexibility index (Phi) is 5.08. The zero-order valence-electron chi connectivity index (χ0n) is 13.1. The molecule has 0 saturated heterocycles. The van der Waals surface area contributed by atoms with Crippen LogP contribution in [0.5, 0.6) is 0 Å². The molecule has 128 valence electrons. The molecule has 2 aromatic carbocycles. The van der Waals surface area contributed by atoms with Crippen LogP contribution in [0, 0.1) is 11.6 Å². The maximum Gasteiger partial charge on any atom is 0.277 e. The van der Waals surface area contributed by atoms with Crippen molar-refractivity contribution >= 4 is 23.4 Å². The first kappa shape index (κ1) is 17.1. The van der Waals surface area contributed by atoms with E-state index in [1.807, 2.05) is 0 Å². The van der Waals surface area contributed by atoms with E-state index >= 15 is 0 Å². The highest BCUT2D eigenvalue weighted by Crippen LogP contribution is 2.26. The van der Waals surface area contributed by atoms with Crippen molar-refractivity contribution in [2.75, 3.05) is 5.32 Å². The Balaban J connectivity index is 1.62. The molecule has 0 bridgehead atoms. The first-order chi connectivity index (χ1) is 12.0. The van der Waals surface area contributed by atoms with Gasteiger partial charge in [-0.05, 0) is 55.5 Å². The minimum atomic E-state index is -0.508. The highest BCUT2D eigenvalue weighted by atomic mass is 32.2. The van der Waals surface area contributed by atoms with Crippen molar-refractivity contribution in [2.45, 2.75) is 17.4 Å². The van der Waals surface area contributed by atoms with Crippen molar-refractivity contribution in [3.63, 3.8) is 0 Å². The summed E-state index contributed by atoms with van der Waals surface area (Å²) in [5, 5.41) is 10.2. The topological polar surface area (TPSA) is 68.0 Å². The molecular formula is C17H13F2N3O2S. The first-order valence-electron chi connectivity index (χ1n) is 7.34. The van der Waals surface area contributed by atoms with Crippen molar-refractivity contribution in [1.29, 1.82) is 0 Å². The molecule has 1 heterocycles. The fourth-order valence-corrected chi connectivity index (χ4v) is 2.63. The van der Waals surface area contributed by atoms with Gasteiger partial charge < -0.3 is 9.73 Å². The maximum atomic E-state index is 12.9. The van der Waals surface area contributed by atoms with Gasteiger partial charge >= 0.3 is 0 Å². The summed E-state index contributed by atoms with van der Waals surface area (Å²) in [6.07, 6.45) is 0. The molecule has 25 heavy (non-hydrogen) atoms. The lowest BCUT2D eigenvalue weighted by molar-refractivity contribution is -0.115. The monoisotopic (exact) mass is 361 g/mol. The molecule has 0 aliphatic heterocycles. The maximum absolute atomic E-state index is 12.9. The van der Waals surface area contributed by atoms with E-state index in [1.165, 1.54) is 48.5 Å². The van der Waals surface area contributed by atoms with Crippen LogP contribution in [0.25, 0.3) is 11.5 Å². The van der Waals surface area contributed by atoms with Gasteiger partial charge in [0.1, 0.15) is 11.6 Å². The first-order valence-corrected chi connectivity index (χ1v) is 8.22. The minimum absolute atomic E-state index is 0.223. The molecule has 0 spiro atoms. The van der Waals surface area contributed by atoms with Gasteiger partial charge in [-0.3, -0.25) is 4.79 Å². The van der Waals surface area contributed by atoms with E-state index in [2.05, 4.69) is 15.5 Å². The summed E-state index contributed by atoms with van der Waals surface area (Å²) in [5.41, 5.74) is 1.08. The highest BCUT2D eigenvalue weighted by molar-refractivity contribution is 8.00. The quantitative estimate of drug-likeness (QED) is 0.692. The predicted molar refractivity (Wildman–Crippen MR) is 90.0 cm³/mol. The van der Waals surface area contributed by atoms with Gasteiger partial charge in [0, 0.05) is 11.3 Å². The second-order valence-corrected chi connectivity index (χ2v) is 6.43. The molecule has 0 aliphatic carbocycles. The van der Waals surface area contributed by atoms with Crippen molar-refractivity contribution in [1.82, 2.24) is 10.2 Å². The lowest BCUT2D eigenvalue weighted by Gasteiger charge is -2.09. The van der Waals surface area contributed by atoms with Crippen LogP contribution in [0.1, 0.15) is 6.92 Å². The largest absolute Gasteiger partial charge is 0.411 e. The number of nitrogens with one attached hydrogen (secondary N) is 1. The van der Waals surface area contributed by atoms with Gasteiger partial charge in [0.25, 0.3) is 5.22 Å². The number of aromatic nitrogens is 2. The van der Waals surface area contributed by atoms with Crippen LogP contribution in [0.4, 0.5) is 14.5 Å². The fourth-order valence-electron chi connectivity index (χ4n) is 1.95. The number of carbonyl (C=O) groups is 1. The Labute approximate surface area is 146 Å². The minimum Gasteiger partial charge on any atom is -0.411 e. The normalized spacial score (nSPS) is 12.0. The van der Waals surface area contributed by atoms with Crippen molar-refractivity contribution in [3.05, 3.63) is 60.2 Å². The zero-order valence-corrected chi connectivity index (χ0v) is 13.9. The van der Waals surface area contributed by atoms with E-state index in [9.17, 15) is 13.6 Å². The third kappa shape index (κ3) is 4.42. The van der Waals surface area contributed by atoms with Crippen LogP contribution in [0.15, 0.2) is 58.2 Å². The summed E-state index contributed by atoms with van der Waals surface area (Å²) in [5.74, 6) is -0.768. The van der Waals surface area contributed by atoms with Crippen LogP contribution in [-0.2, 0) is 4.79 Å². The van der Waals surface area contributed by atoms with Gasteiger partial charge in [-0.15, -0.1) is 10.2 Å². The molecule has 0 aliphatic rings. The van der Waals surface area contributed by atoms with Gasteiger partial charge in [-0.1, -0.05) is 11.8 Å². The molecule has 0 saturated carbocycles. The second kappa shape index (κ2) is 7.43. The van der Waals surface area contributed by atoms with Crippen LogP contribution < -0.4 is 5.32 Å². The Morgan fingerprint density at radius 2 is 1.64 bits per heavy atom. The number of halogens is 2. The molecule has 0 fully saturated rings. The van der Waals surface area contributed by atoms with E-state index in [0.29, 0.717) is 11.3 Å². The summed E-state index contributed by atoms with van der Waals surface area (Å²) in [4.78, 5) is 12.2. The average Bonchev–Trinajstić information content (AvgIpc) is 3.06. The Morgan fingerprint density at radius 1 is 1.04 bits per heavy atom. The molecule has 1 aromatic heterocycles. The lowest BCUT2D eigenvalue weighted by Crippen LogP contribution is -2.22. The number of hydrogen-bond acceptors (Lipinski definition) is 5. The van der Waals surface area contributed by atoms with Crippen molar-refractivity contribution in [2.24, 2.45) is 0 Å². The number of anilines is 1. The fraction of sp³-hybridized carbons (Fsp3) is 0.118. The number of hydrogen-bond donors (Lipinski definition) is 1. The Bertz CT molecular complexity index is 866. The molecule has 1 amide bonds. The molecule has 1 N–H and O–H groups in total. The Morgan fingerprint density at radius 3 is 2.28 bits per heavy atom. The summed E-state index contributed by atoms with van der Waals surface area (Å²) in [7, 11) is 0. The highest BCUT2D eigenvalue weighted by Gasteiger charge is 2.19. The van der Waals surface area contributed by atoms with E-state index < -0.39 is 5.25 Å². The molecule has 0 unspecified atom stereocenters. The van der Waals surface area contributed by atoms with Crippen LogP contribution >= 0.6 is 11.8 Å². The van der Waals surface area contributed by atoms with E-state index in [0.717, 1.165) is 11.8 Å². The van der Waals surface area contributed by atoms with E-state index in [4.69, 9.17) is 4.42 Å². The van der Waals surface area contributed by atoms with Gasteiger partial charge in [0.15, 0.2) is 0 Å². The second-order valence-electron chi connectivity index (χ2n) is 5.14. The molecule has 1 atom stereocenters. The van der Waals surface area contributed by atoms with E-state index in [-0.39, 0.29) is 28.7 Å². The van der Waals surface area contributed by atoms with Gasteiger partial charge in [-0.2, -0.15) is 0 Å². The smallest absolute Gasteiger partial charge is 0.277 e. The van der Waals surface area contributed by atoms with Crippen LogP contribution in [-0.4, -0.2) is 21.4 Å². The van der Waals surface area contributed by atoms with E-state index in [1.54, 1.807) is 6.92 Å². The molecule has 5 nitrogen and oxygen atoms in total. The number of carbonyl (C=O) groups excluding carboxylic acids is 1. The molecule has 3 rings (SSSR count). The number of benzene rings is 2. The van der Waals surface area contributed by atoms with Crippen molar-refractivity contribution in [3.8, 4) is 11.5 Å². The standard InChI is InChI=1S/C17H13F2N3O2S/c1-10(15(23)20-14-8-6-13(19)7-9-14)25-17-22-21-16(24-17)11-2-4-12(18)5-3-11/h2-10H,1H3,(H,20,23)/t10-/m1/s1.